The van der Waals surface area contributed by atoms with E-state index in [1.807, 2.05) is 0 Å². The molecule has 3 amide bonds. The molecule has 0 radical (unpaired) electrons. The van der Waals surface area contributed by atoms with Crippen LogP contribution in [-0.4, -0.2) is 81.0 Å². The minimum atomic E-state index is -1.03. The molecule has 32 heavy (non-hydrogen) atoms. The van der Waals surface area contributed by atoms with Crippen LogP contribution in [0.2, 0.25) is 0 Å². The SMILES string of the molecule is CC(NC(=O)C(N)Cc1ccc(O)cc1)C(=O)N1CCCC1C(=O)N1CCCC1C(=O)O. The van der Waals surface area contributed by atoms with E-state index in [-0.39, 0.29) is 18.1 Å². The number of benzene rings is 1. The number of likely N-dealkylation sites (tertiary alicyclic amines) is 2. The number of nitrogens with one attached hydrogen (secondary N) is 1. The minimum absolute atomic E-state index is 0.115. The fourth-order valence-corrected chi connectivity index (χ4v) is 4.38. The largest absolute Gasteiger partial charge is 0.508 e. The van der Waals surface area contributed by atoms with Crippen LogP contribution in [0.4, 0.5) is 0 Å². The summed E-state index contributed by atoms with van der Waals surface area (Å²) >= 11 is 0. The van der Waals surface area contributed by atoms with Crippen molar-refractivity contribution in [3.05, 3.63) is 29.8 Å². The second-order valence-electron chi connectivity index (χ2n) is 8.42. The van der Waals surface area contributed by atoms with Gasteiger partial charge in [0.15, 0.2) is 0 Å². The molecule has 2 saturated heterocycles. The molecule has 2 fully saturated rings. The number of aromatic hydroxyl groups is 1. The fourth-order valence-electron chi connectivity index (χ4n) is 4.38. The van der Waals surface area contributed by atoms with Crippen molar-refractivity contribution in [1.82, 2.24) is 15.1 Å². The predicted octanol–water partition coefficient (Wildman–Crippen LogP) is -0.167. The molecule has 10 heteroatoms. The van der Waals surface area contributed by atoms with Crippen molar-refractivity contribution in [1.29, 1.82) is 0 Å². The third-order valence-corrected chi connectivity index (χ3v) is 6.10. The van der Waals surface area contributed by atoms with Crippen LogP contribution in [0.5, 0.6) is 5.75 Å². The first-order valence-electron chi connectivity index (χ1n) is 10.9. The maximum absolute atomic E-state index is 13.0. The molecule has 0 spiro atoms. The Hall–Kier alpha value is -3.14. The number of carbonyl (C=O) groups excluding carboxylic acids is 3. The summed E-state index contributed by atoms with van der Waals surface area (Å²) in [6.07, 6.45) is 2.37. The highest BCUT2D eigenvalue weighted by Crippen LogP contribution is 2.25. The molecule has 0 aromatic heterocycles. The molecule has 2 aliphatic rings. The van der Waals surface area contributed by atoms with Crippen LogP contribution in [0.25, 0.3) is 0 Å². The third kappa shape index (κ3) is 5.18. The summed E-state index contributed by atoms with van der Waals surface area (Å²) < 4.78 is 0. The first-order valence-corrected chi connectivity index (χ1v) is 10.9. The van der Waals surface area contributed by atoms with E-state index in [2.05, 4.69) is 5.32 Å². The second-order valence-corrected chi connectivity index (χ2v) is 8.42. The van der Waals surface area contributed by atoms with Gasteiger partial charge in [0.2, 0.25) is 17.7 Å². The number of aliphatic carboxylic acids is 1. The van der Waals surface area contributed by atoms with Gasteiger partial charge in [0.1, 0.15) is 23.9 Å². The van der Waals surface area contributed by atoms with Gasteiger partial charge in [-0.15, -0.1) is 0 Å². The number of carbonyl (C=O) groups is 4. The zero-order valence-corrected chi connectivity index (χ0v) is 18.1. The zero-order valence-electron chi connectivity index (χ0n) is 18.1. The van der Waals surface area contributed by atoms with Gasteiger partial charge in [-0.2, -0.15) is 0 Å². The Morgan fingerprint density at radius 1 is 1.06 bits per heavy atom. The Morgan fingerprint density at radius 2 is 1.66 bits per heavy atom. The quantitative estimate of drug-likeness (QED) is 0.454. The van der Waals surface area contributed by atoms with Crippen LogP contribution in [0, 0.1) is 0 Å². The van der Waals surface area contributed by atoms with Crippen LogP contribution < -0.4 is 11.1 Å². The molecule has 4 atom stereocenters. The summed E-state index contributed by atoms with van der Waals surface area (Å²) in [7, 11) is 0. The van der Waals surface area contributed by atoms with Gasteiger partial charge < -0.3 is 31.1 Å². The van der Waals surface area contributed by atoms with E-state index < -0.39 is 42.0 Å². The van der Waals surface area contributed by atoms with E-state index in [0.29, 0.717) is 38.8 Å². The number of nitrogens with zero attached hydrogens (tertiary/aromatic N) is 2. The molecule has 2 aliphatic heterocycles. The molecule has 1 aromatic carbocycles. The van der Waals surface area contributed by atoms with E-state index in [1.54, 1.807) is 19.1 Å². The molecule has 3 rings (SSSR count). The Labute approximate surface area is 186 Å². The second kappa shape index (κ2) is 9.99. The Kier molecular flexibility index (Phi) is 7.34. The van der Waals surface area contributed by atoms with Crippen LogP contribution in [0.3, 0.4) is 0 Å². The summed E-state index contributed by atoms with van der Waals surface area (Å²) in [6.45, 7) is 2.29. The first kappa shape index (κ1) is 23.5. The van der Waals surface area contributed by atoms with Gasteiger partial charge in [-0.3, -0.25) is 14.4 Å². The highest BCUT2D eigenvalue weighted by molar-refractivity contribution is 5.94. The molecular weight excluding hydrogens is 416 g/mol. The molecule has 2 heterocycles. The highest BCUT2D eigenvalue weighted by atomic mass is 16.4. The zero-order chi connectivity index (χ0) is 23.4. The van der Waals surface area contributed by atoms with Gasteiger partial charge in [-0.25, -0.2) is 4.79 Å². The standard InChI is InChI=1S/C22H30N4O6/c1-13(24-19(28)16(23)12-14-6-8-15(27)9-7-14)20(29)25-10-2-4-17(25)21(30)26-11-3-5-18(26)22(31)32/h6-9,13,16-18,27H,2-5,10-12,23H2,1H3,(H,24,28)(H,31,32). The van der Waals surface area contributed by atoms with Gasteiger partial charge in [0.05, 0.1) is 6.04 Å². The number of hydrogen-bond acceptors (Lipinski definition) is 6. The average Bonchev–Trinajstić information content (AvgIpc) is 3.44. The molecule has 174 valence electrons. The number of phenolic OH excluding ortho intramolecular Hbond substituents is 1. The van der Waals surface area contributed by atoms with Crippen molar-refractivity contribution in [3.8, 4) is 5.75 Å². The maximum Gasteiger partial charge on any atom is 0.326 e. The number of amides is 3. The maximum atomic E-state index is 13.0. The van der Waals surface area contributed by atoms with Crippen molar-refractivity contribution in [2.24, 2.45) is 5.73 Å². The number of phenols is 1. The van der Waals surface area contributed by atoms with Gasteiger partial charge in [-0.05, 0) is 56.7 Å². The van der Waals surface area contributed by atoms with E-state index in [9.17, 15) is 29.4 Å². The Balaban J connectivity index is 1.59. The molecule has 5 N–H and O–H groups in total. The lowest BCUT2D eigenvalue weighted by Gasteiger charge is -2.31. The Morgan fingerprint density at radius 3 is 2.28 bits per heavy atom. The smallest absolute Gasteiger partial charge is 0.326 e. The fraction of sp³-hybridized carbons (Fsp3) is 0.545. The lowest BCUT2D eigenvalue weighted by molar-refractivity contribution is -0.152. The summed E-state index contributed by atoms with van der Waals surface area (Å²) in [5, 5.41) is 21.3. The summed E-state index contributed by atoms with van der Waals surface area (Å²) in [6, 6.07) is 3.02. The van der Waals surface area contributed by atoms with Crippen molar-refractivity contribution >= 4 is 23.7 Å². The summed E-state index contributed by atoms with van der Waals surface area (Å²) in [4.78, 5) is 52.7. The van der Waals surface area contributed by atoms with E-state index in [1.165, 1.54) is 21.9 Å². The number of hydrogen-bond donors (Lipinski definition) is 4. The van der Waals surface area contributed by atoms with Crippen LogP contribution >= 0.6 is 0 Å². The van der Waals surface area contributed by atoms with Crippen molar-refractivity contribution in [3.63, 3.8) is 0 Å². The molecule has 1 aromatic rings. The van der Waals surface area contributed by atoms with E-state index in [4.69, 9.17) is 5.73 Å². The minimum Gasteiger partial charge on any atom is -0.508 e. The number of rotatable bonds is 7. The topological polar surface area (TPSA) is 153 Å². The molecule has 0 aliphatic carbocycles. The van der Waals surface area contributed by atoms with Gasteiger partial charge in [0, 0.05) is 13.1 Å². The van der Waals surface area contributed by atoms with Crippen molar-refractivity contribution in [2.45, 2.75) is 63.2 Å². The highest BCUT2D eigenvalue weighted by Gasteiger charge is 2.43. The lowest BCUT2D eigenvalue weighted by atomic mass is 10.1. The van der Waals surface area contributed by atoms with Gasteiger partial charge in [0.25, 0.3) is 0 Å². The van der Waals surface area contributed by atoms with Crippen LogP contribution in [0.1, 0.15) is 38.2 Å². The summed E-state index contributed by atoms with van der Waals surface area (Å²) in [5.74, 6) is -2.15. The van der Waals surface area contributed by atoms with Crippen LogP contribution in [0.15, 0.2) is 24.3 Å². The predicted molar refractivity (Wildman–Crippen MR) is 114 cm³/mol. The van der Waals surface area contributed by atoms with E-state index >= 15 is 0 Å². The Bertz CT molecular complexity index is 874. The normalized spacial score (nSPS) is 22.4. The number of nitrogens with two attached hydrogens (primary N) is 1. The van der Waals surface area contributed by atoms with Crippen molar-refractivity contribution in [2.75, 3.05) is 13.1 Å². The lowest BCUT2D eigenvalue weighted by Crippen LogP contribution is -2.56. The van der Waals surface area contributed by atoms with Gasteiger partial charge >= 0.3 is 5.97 Å². The molecular formula is C22H30N4O6. The number of carboxylic acids is 1. The van der Waals surface area contributed by atoms with Gasteiger partial charge in [-0.1, -0.05) is 12.1 Å². The molecule has 10 nitrogen and oxygen atoms in total. The molecule has 0 saturated carbocycles. The van der Waals surface area contributed by atoms with Crippen LogP contribution in [-0.2, 0) is 25.6 Å². The third-order valence-electron chi connectivity index (χ3n) is 6.10. The summed E-state index contributed by atoms with van der Waals surface area (Å²) in [5.41, 5.74) is 6.75. The number of carboxylic acid groups (broad SMARTS) is 1. The first-order chi connectivity index (χ1) is 15.2. The molecule has 0 bridgehead atoms. The molecule has 4 unspecified atom stereocenters. The van der Waals surface area contributed by atoms with E-state index in [0.717, 1.165) is 5.56 Å². The average molecular weight is 447 g/mol. The van der Waals surface area contributed by atoms with Crippen molar-refractivity contribution < 1.29 is 29.4 Å². The monoisotopic (exact) mass is 446 g/mol.